The topological polar surface area (TPSA) is 96.4 Å². The molecule has 9 rings (SSSR count). The van der Waals surface area contributed by atoms with E-state index in [1.807, 2.05) is 18.5 Å². The molecule has 1 saturated carbocycles. The summed E-state index contributed by atoms with van der Waals surface area (Å²) in [7, 11) is 4.15. The van der Waals surface area contributed by atoms with Gasteiger partial charge in [0.05, 0.1) is 29.1 Å². The van der Waals surface area contributed by atoms with Crippen LogP contribution in [0.25, 0.3) is 16.6 Å². The average Bonchev–Trinajstić information content (AvgIpc) is 3.32. The summed E-state index contributed by atoms with van der Waals surface area (Å²) in [5.41, 5.74) is 5.21. The van der Waals surface area contributed by atoms with Crippen LogP contribution < -0.4 is 14.5 Å². The average molecular weight is 591 g/mol. The third-order valence-corrected chi connectivity index (χ3v) is 10.1. The molecule has 4 saturated heterocycles. The van der Waals surface area contributed by atoms with Crippen LogP contribution in [0, 0.1) is 17.2 Å². The van der Waals surface area contributed by atoms with Gasteiger partial charge in [0.25, 0.3) is 0 Å². The lowest BCUT2D eigenvalue weighted by Gasteiger charge is -2.56. The van der Waals surface area contributed by atoms with Crippen LogP contribution in [-0.4, -0.2) is 101 Å². The van der Waals surface area contributed by atoms with Crippen molar-refractivity contribution in [2.24, 2.45) is 5.92 Å². The predicted molar refractivity (Wildman–Crippen MR) is 169 cm³/mol. The lowest BCUT2D eigenvalue weighted by atomic mass is 9.86. The number of nitrogens with zero attached hydrogens (tertiary/aromatic N) is 8. The van der Waals surface area contributed by atoms with Gasteiger partial charge in [-0.1, -0.05) is 12.1 Å². The minimum atomic E-state index is -0.458. The number of pyridine rings is 2. The highest BCUT2D eigenvalue weighted by Gasteiger charge is 2.58. The number of hydrogen-bond acceptors (Lipinski definition) is 9. The van der Waals surface area contributed by atoms with E-state index in [4.69, 9.17) is 9.72 Å². The number of hydrogen-bond donors (Lipinski definition) is 1. The summed E-state index contributed by atoms with van der Waals surface area (Å²) < 4.78 is 7.89. The van der Waals surface area contributed by atoms with E-state index in [1.165, 1.54) is 17.7 Å². The Morgan fingerprint density at radius 1 is 1.09 bits per heavy atom. The van der Waals surface area contributed by atoms with Gasteiger partial charge in [0.2, 0.25) is 0 Å². The third-order valence-electron chi connectivity index (χ3n) is 10.1. The Labute approximate surface area is 257 Å². The van der Waals surface area contributed by atoms with Gasteiger partial charge >= 0.3 is 0 Å². The molecular weight excluding hydrogens is 552 g/mol. The van der Waals surface area contributed by atoms with E-state index in [9.17, 15) is 10.4 Å². The molecule has 4 atom stereocenters. The van der Waals surface area contributed by atoms with Crippen molar-refractivity contribution in [2.75, 3.05) is 63.2 Å². The number of likely N-dealkylation sites (tertiary alicyclic amines) is 1. The molecule has 5 aliphatic rings. The van der Waals surface area contributed by atoms with E-state index < -0.39 is 5.60 Å². The predicted octanol–water partition coefficient (Wildman–Crippen LogP) is 3.24. The SMILES string of the molecule is CN(C)c1ccc(CN2C3CC2CN(c2ccc(-c4cc(OCCN5CC6CC6(O)C5)cn5ncc(C#N)c45)cn2)C3)cc1. The Morgan fingerprint density at radius 3 is 2.59 bits per heavy atom. The Morgan fingerprint density at radius 2 is 1.91 bits per heavy atom. The van der Waals surface area contributed by atoms with Crippen molar-refractivity contribution in [3.63, 3.8) is 0 Å². The highest BCUT2D eigenvalue weighted by molar-refractivity contribution is 5.85. The molecule has 10 heteroatoms. The highest BCUT2D eigenvalue weighted by atomic mass is 16.5. The summed E-state index contributed by atoms with van der Waals surface area (Å²) in [6.07, 6.45) is 7.51. The first-order valence-corrected chi connectivity index (χ1v) is 15.6. The van der Waals surface area contributed by atoms with Crippen molar-refractivity contribution >= 4 is 17.0 Å². The van der Waals surface area contributed by atoms with Crippen molar-refractivity contribution in [1.29, 1.82) is 5.26 Å². The first kappa shape index (κ1) is 27.4. The van der Waals surface area contributed by atoms with Gasteiger partial charge in [-0.2, -0.15) is 10.4 Å². The third kappa shape index (κ3) is 4.85. The van der Waals surface area contributed by atoms with E-state index in [2.05, 4.69) is 81.3 Å². The summed E-state index contributed by atoms with van der Waals surface area (Å²) >= 11 is 0. The Bertz CT molecular complexity index is 1720. The first-order chi connectivity index (χ1) is 21.4. The van der Waals surface area contributed by atoms with Crippen molar-refractivity contribution in [1.82, 2.24) is 24.4 Å². The molecule has 2 bridgehead atoms. The van der Waals surface area contributed by atoms with Gasteiger partial charge in [-0.3, -0.25) is 9.80 Å². The van der Waals surface area contributed by atoms with Crippen LogP contribution in [0.2, 0.25) is 0 Å². The summed E-state index contributed by atoms with van der Waals surface area (Å²) in [5.74, 6) is 2.11. The Hall–Kier alpha value is -4.17. The van der Waals surface area contributed by atoms with Gasteiger partial charge in [-0.25, -0.2) is 9.50 Å². The van der Waals surface area contributed by atoms with Gasteiger partial charge in [0.1, 0.15) is 24.2 Å². The van der Waals surface area contributed by atoms with Gasteiger partial charge < -0.3 is 19.6 Å². The number of β-amino-alcohol motifs (C(OH)–C–C–N with tert-alkyl or cyclic N) is 1. The number of rotatable bonds is 9. The number of aromatic nitrogens is 3. The minimum absolute atomic E-state index is 0.426. The van der Waals surface area contributed by atoms with Crippen molar-refractivity contribution in [3.8, 4) is 22.9 Å². The second-order valence-corrected chi connectivity index (χ2v) is 13.2. The van der Waals surface area contributed by atoms with Crippen LogP contribution in [0.15, 0.2) is 61.1 Å². The molecule has 5 fully saturated rings. The summed E-state index contributed by atoms with van der Waals surface area (Å²) in [5, 5.41) is 24.5. The van der Waals surface area contributed by atoms with Crippen molar-refractivity contribution < 1.29 is 9.84 Å². The number of anilines is 2. The van der Waals surface area contributed by atoms with Crippen molar-refractivity contribution in [2.45, 2.75) is 37.1 Å². The molecule has 0 amide bonds. The maximum atomic E-state index is 10.3. The maximum Gasteiger partial charge on any atom is 0.138 e. The van der Waals surface area contributed by atoms with Gasteiger partial charge in [-0.15, -0.1) is 0 Å². The molecule has 226 valence electrons. The van der Waals surface area contributed by atoms with E-state index in [0.29, 0.717) is 35.9 Å². The number of piperidine rings is 2. The quantitative estimate of drug-likeness (QED) is 0.315. The first-order valence-electron chi connectivity index (χ1n) is 15.6. The summed E-state index contributed by atoms with van der Waals surface area (Å²) in [6.45, 7) is 5.90. The fourth-order valence-electron chi connectivity index (χ4n) is 7.48. The molecule has 1 N–H and O–H groups in total. The standard InChI is InChI=1S/C34H38N8O2/c1-38(2)27-6-3-23(4-7-27)17-41-28-11-29(41)20-40(19-28)32-8-5-24(15-36-32)31-12-30(21-42-33(31)25(14-35)16-37-42)44-10-9-39-18-26-13-34(26,43)22-39/h3-8,12,15-16,21,26,28-29,43H,9-11,13,17-20,22H2,1-2H3. The zero-order valence-corrected chi connectivity index (χ0v) is 25.3. The van der Waals surface area contributed by atoms with Crippen LogP contribution in [-0.2, 0) is 6.54 Å². The number of fused-ring (bicyclic) bond motifs is 4. The molecule has 10 nitrogen and oxygen atoms in total. The van der Waals surface area contributed by atoms with Crippen LogP contribution in [0.1, 0.15) is 24.0 Å². The normalized spacial score (nSPS) is 25.9. The van der Waals surface area contributed by atoms with Crippen LogP contribution in [0.4, 0.5) is 11.5 Å². The molecular formula is C34H38N8O2. The smallest absolute Gasteiger partial charge is 0.138 e. The van der Waals surface area contributed by atoms with Gasteiger partial charge in [0.15, 0.2) is 0 Å². The van der Waals surface area contributed by atoms with Crippen LogP contribution in [0.3, 0.4) is 0 Å². The molecule has 44 heavy (non-hydrogen) atoms. The lowest BCUT2D eigenvalue weighted by molar-refractivity contribution is -0.00867. The Kier molecular flexibility index (Phi) is 6.52. The Balaban J connectivity index is 0.950. The zero-order chi connectivity index (χ0) is 30.0. The maximum absolute atomic E-state index is 10.3. The number of nitriles is 1. The van der Waals surface area contributed by atoms with E-state index in [0.717, 1.165) is 68.2 Å². The number of piperazine rings is 1. The number of benzene rings is 1. The summed E-state index contributed by atoms with van der Waals surface area (Å²) in [6, 6.07) is 18.4. The number of ether oxygens (including phenoxy) is 1. The minimum Gasteiger partial charge on any atom is -0.491 e. The van der Waals surface area contributed by atoms with Gasteiger partial charge in [0, 0.05) is 94.4 Å². The second-order valence-electron chi connectivity index (χ2n) is 13.2. The van der Waals surface area contributed by atoms with Crippen LogP contribution in [0.5, 0.6) is 5.75 Å². The lowest BCUT2D eigenvalue weighted by Crippen LogP contribution is -2.68. The second kappa shape index (κ2) is 10.5. The molecule has 1 aromatic carbocycles. The molecule has 4 aliphatic heterocycles. The number of aliphatic hydroxyl groups is 1. The molecule has 0 spiro atoms. The highest BCUT2D eigenvalue weighted by Crippen LogP contribution is 2.49. The van der Waals surface area contributed by atoms with Crippen LogP contribution >= 0.6 is 0 Å². The molecule has 4 aromatic rings. The summed E-state index contributed by atoms with van der Waals surface area (Å²) in [4.78, 5) is 14.3. The molecule has 0 radical (unpaired) electrons. The van der Waals surface area contributed by atoms with Crippen molar-refractivity contribution in [3.05, 3.63) is 72.2 Å². The van der Waals surface area contributed by atoms with E-state index in [1.54, 1.807) is 10.7 Å². The molecule has 1 aliphatic carbocycles. The fraction of sp³-hybridized carbons (Fsp3) is 0.441. The molecule has 4 unspecified atom stereocenters. The van der Waals surface area contributed by atoms with Gasteiger partial charge in [-0.05, 0) is 48.7 Å². The van der Waals surface area contributed by atoms with E-state index >= 15 is 0 Å². The monoisotopic (exact) mass is 590 g/mol. The largest absolute Gasteiger partial charge is 0.491 e. The molecule has 3 aromatic heterocycles. The zero-order valence-electron chi connectivity index (χ0n) is 25.3. The van der Waals surface area contributed by atoms with E-state index in [-0.39, 0.29) is 0 Å². The fourth-order valence-corrected chi connectivity index (χ4v) is 7.48. The molecule has 7 heterocycles.